The molecule has 1 saturated heterocycles. The van der Waals surface area contributed by atoms with Crippen molar-refractivity contribution in [2.75, 3.05) is 18.0 Å². The summed E-state index contributed by atoms with van der Waals surface area (Å²) in [6, 6.07) is 0.941. The van der Waals surface area contributed by atoms with E-state index in [9.17, 15) is 19.1 Å². The lowest BCUT2D eigenvalue weighted by atomic mass is 10.2. The van der Waals surface area contributed by atoms with Gasteiger partial charge in [-0.3, -0.25) is 9.36 Å². The van der Waals surface area contributed by atoms with Crippen LogP contribution in [0.15, 0.2) is 23.3 Å². The first-order valence-corrected chi connectivity index (χ1v) is 8.21. The molecule has 10 nitrogen and oxygen atoms in total. The Morgan fingerprint density at radius 2 is 2.22 bits per heavy atom. The Balaban J connectivity index is 2.04. The van der Waals surface area contributed by atoms with Crippen molar-refractivity contribution in [1.29, 1.82) is 0 Å². The van der Waals surface area contributed by atoms with Gasteiger partial charge in [0.15, 0.2) is 23.1 Å². The van der Waals surface area contributed by atoms with Gasteiger partial charge in [0, 0.05) is 32.4 Å². The van der Waals surface area contributed by atoms with Crippen molar-refractivity contribution in [3.05, 3.63) is 40.1 Å². The number of hydrogen-bond acceptors (Lipinski definition) is 7. The van der Waals surface area contributed by atoms with Gasteiger partial charge in [0.05, 0.1) is 11.6 Å². The molecule has 1 aliphatic rings. The van der Waals surface area contributed by atoms with Gasteiger partial charge in [0.25, 0.3) is 0 Å². The van der Waals surface area contributed by atoms with Gasteiger partial charge in [-0.1, -0.05) is 5.21 Å². The molecule has 27 heavy (non-hydrogen) atoms. The van der Waals surface area contributed by atoms with E-state index in [4.69, 9.17) is 5.73 Å². The molecule has 1 atom stereocenters. The standard InChI is InChI=1S/C16H16FN7O3/c1-22-12(5-19-21-22)24-7-10(16(26)27)13(25)9-4-11(17)15(20-14(9)24)23-3-2-8(18)6-23/h4-5,7-8H,2-3,6,18H2,1H3,(H,26,27)/t8-/m0/s1. The maximum atomic E-state index is 14.7. The van der Waals surface area contributed by atoms with Crippen LogP contribution in [0, 0.1) is 5.82 Å². The monoisotopic (exact) mass is 373 g/mol. The van der Waals surface area contributed by atoms with Gasteiger partial charge in [-0.2, -0.15) is 0 Å². The molecule has 140 valence electrons. The lowest BCUT2D eigenvalue weighted by Gasteiger charge is -2.19. The van der Waals surface area contributed by atoms with Gasteiger partial charge in [-0.15, -0.1) is 5.10 Å². The van der Waals surface area contributed by atoms with Crippen molar-refractivity contribution < 1.29 is 14.3 Å². The minimum atomic E-state index is -1.42. The number of anilines is 1. The minimum Gasteiger partial charge on any atom is -0.477 e. The molecule has 1 aliphatic heterocycles. The van der Waals surface area contributed by atoms with Gasteiger partial charge < -0.3 is 15.7 Å². The largest absolute Gasteiger partial charge is 0.477 e. The van der Waals surface area contributed by atoms with E-state index in [-0.39, 0.29) is 22.9 Å². The number of halogens is 1. The van der Waals surface area contributed by atoms with Gasteiger partial charge in [-0.05, 0) is 12.5 Å². The minimum absolute atomic E-state index is 0.0711. The Labute approximate surface area is 151 Å². The second-order valence-electron chi connectivity index (χ2n) is 6.42. The molecule has 1 fully saturated rings. The van der Waals surface area contributed by atoms with Crippen LogP contribution in [-0.4, -0.2) is 54.8 Å². The van der Waals surface area contributed by atoms with Crippen LogP contribution in [0.1, 0.15) is 16.8 Å². The third kappa shape index (κ3) is 2.72. The van der Waals surface area contributed by atoms with Gasteiger partial charge in [0.2, 0.25) is 5.43 Å². The fourth-order valence-corrected chi connectivity index (χ4v) is 3.25. The van der Waals surface area contributed by atoms with E-state index in [2.05, 4.69) is 15.3 Å². The number of carbonyl (C=O) groups is 1. The summed E-state index contributed by atoms with van der Waals surface area (Å²) in [5.74, 6) is -1.67. The molecular weight excluding hydrogens is 357 g/mol. The number of fused-ring (bicyclic) bond motifs is 1. The van der Waals surface area contributed by atoms with Crippen molar-refractivity contribution in [1.82, 2.24) is 24.5 Å². The normalized spacial score (nSPS) is 17.0. The molecule has 0 radical (unpaired) electrons. The van der Waals surface area contributed by atoms with Crippen LogP contribution in [-0.2, 0) is 7.05 Å². The Bertz CT molecular complexity index is 1120. The van der Waals surface area contributed by atoms with Crippen LogP contribution in [0.3, 0.4) is 0 Å². The van der Waals surface area contributed by atoms with E-state index < -0.39 is 22.8 Å². The van der Waals surface area contributed by atoms with Crippen molar-refractivity contribution in [3.8, 4) is 5.82 Å². The third-order valence-corrected chi connectivity index (χ3v) is 4.61. The highest BCUT2D eigenvalue weighted by atomic mass is 19.1. The Morgan fingerprint density at radius 3 is 2.81 bits per heavy atom. The molecule has 3 N–H and O–H groups in total. The van der Waals surface area contributed by atoms with Gasteiger partial charge in [0.1, 0.15) is 5.56 Å². The molecule has 4 rings (SSSR count). The van der Waals surface area contributed by atoms with Crippen molar-refractivity contribution in [2.45, 2.75) is 12.5 Å². The first-order valence-electron chi connectivity index (χ1n) is 8.21. The second kappa shape index (κ2) is 6.13. The van der Waals surface area contributed by atoms with Crippen LogP contribution >= 0.6 is 0 Å². The molecule has 0 aliphatic carbocycles. The van der Waals surface area contributed by atoms with Gasteiger partial charge >= 0.3 is 5.97 Å². The molecule has 4 heterocycles. The summed E-state index contributed by atoms with van der Waals surface area (Å²) in [5.41, 5.74) is 4.71. The number of carboxylic acids is 1. The average Bonchev–Trinajstić information content (AvgIpc) is 3.23. The van der Waals surface area contributed by atoms with Gasteiger partial charge in [-0.25, -0.2) is 18.9 Å². The Morgan fingerprint density at radius 1 is 1.44 bits per heavy atom. The lowest BCUT2D eigenvalue weighted by Crippen LogP contribution is -2.28. The quantitative estimate of drug-likeness (QED) is 0.650. The maximum Gasteiger partial charge on any atom is 0.341 e. The molecule has 3 aromatic heterocycles. The summed E-state index contributed by atoms with van der Waals surface area (Å²) in [5, 5.41) is 16.8. The smallest absolute Gasteiger partial charge is 0.341 e. The van der Waals surface area contributed by atoms with E-state index >= 15 is 0 Å². The summed E-state index contributed by atoms with van der Waals surface area (Å²) in [6.07, 6.45) is 3.25. The summed E-state index contributed by atoms with van der Waals surface area (Å²) < 4.78 is 17.5. The van der Waals surface area contributed by atoms with Crippen molar-refractivity contribution in [2.24, 2.45) is 12.8 Å². The highest BCUT2D eigenvalue weighted by Gasteiger charge is 2.26. The number of nitrogens with two attached hydrogens (primary N) is 1. The molecule has 3 aromatic rings. The summed E-state index contributed by atoms with van der Waals surface area (Å²) in [6.45, 7) is 0.988. The molecule has 11 heteroatoms. The number of carboxylic acid groups (broad SMARTS) is 1. The third-order valence-electron chi connectivity index (χ3n) is 4.61. The van der Waals surface area contributed by atoms with Crippen LogP contribution in [0.4, 0.5) is 10.2 Å². The first-order chi connectivity index (χ1) is 12.9. The zero-order valence-corrected chi connectivity index (χ0v) is 14.3. The lowest BCUT2D eigenvalue weighted by molar-refractivity contribution is 0.0695. The van der Waals surface area contributed by atoms with E-state index in [0.717, 1.165) is 12.3 Å². The maximum absolute atomic E-state index is 14.7. The van der Waals surface area contributed by atoms with Crippen LogP contribution < -0.4 is 16.1 Å². The van der Waals surface area contributed by atoms with E-state index in [1.54, 1.807) is 11.9 Å². The number of rotatable bonds is 3. The predicted molar refractivity (Wildman–Crippen MR) is 93.6 cm³/mol. The van der Waals surface area contributed by atoms with Crippen LogP contribution in [0.5, 0.6) is 0 Å². The molecule has 0 amide bonds. The number of hydrogen-bond donors (Lipinski definition) is 2. The zero-order chi connectivity index (χ0) is 19.3. The number of nitrogens with zero attached hydrogens (tertiary/aromatic N) is 6. The van der Waals surface area contributed by atoms with E-state index in [0.29, 0.717) is 25.3 Å². The van der Waals surface area contributed by atoms with Crippen LogP contribution in [0.2, 0.25) is 0 Å². The second-order valence-corrected chi connectivity index (χ2v) is 6.42. The Kier molecular flexibility index (Phi) is 3.88. The Hall–Kier alpha value is -3.34. The summed E-state index contributed by atoms with van der Waals surface area (Å²) >= 11 is 0. The highest BCUT2D eigenvalue weighted by molar-refractivity contribution is 5.92. The SMILES string of the molecule is Cn1nncc1-n1cc(C(=O)O)c(=O)c2cc(F)c(N3CC[C@H](N)C3)nc21. The molecule has 0 unspecified atom stereocenters. The molecule has 0 bridgehead atoms. The highest BCUT2D eigenvalue weighted by Crippen LogP contribution is 2.25. The molecular formula is C16H16FN7O3. The number of pyridine rings is 2. The first kappa shape index (κ1) is 17.1. The topological polar surface area (TPSA) is 132 Å². The predicted octanol–water partition coefficient (Wildman–Crippen LogP) is -0.111. The number of aromatic carboxylic acids is 1. The molecule has 0 aromatic carbocycles. The fourth-order valence-electron chi connectivity index (χ4n) is 3.25. The fraction of sp³-hybridized carbons (Fsp3) is 0.312. The zero-order valence-electron chi connectivity index (χ0n) is 14.3. The summed E-state index contributed by atoms with van der Waals surface area (Å²) in [4.78, 5) is 30.1. The molecule has 0 spiro atoms. The average molecular weight is 373 g/mol. The van der Waals surface area contributed by atoms with Crippen molar-refractivity contribution >= 4 is 22.8 Å². The summed E-state index contributed by atoms with van der Waals surface area (Å²) in [7, 11) is 1.61. The molecule has 0 saturated carbocycles. The van der Waals surface area contributed by atoms with Crippen molar-refractivity contribution in [3.63, 3.8) is 0 Å². The van der Waals surface area contributed by atoms with Crippen LogP contribution in [0.25, 0.3) is 16.9 Å². The number of aromatic nitrogens is 5. The number of aryl methyl sites for hydroxylation is 1. The van der Waals surface area contributed by atoms with E-state index in [1.807, 2.05) is 0 Å². The van der Waals surface area contributed by atoms with E-state index in [1.165, 1.54) is 15.4 Å².